The van der Waals surface area contributed by atoms with Gasteiger partial charge in [0.2, 0.25) is 0 Å². The zero-order chi connectivity index (χ0) is 10.6. The van der Waals surface area contributed by atoms with Crippen LogP contribution in [0.15, 0.2) is 24.3 Å². The predicted molar refractivity (Wildman–Crippen MR) is 50.4 cm³/mol. The van der Waals surface area contributed by atoms with Gasteiger partial charge in [0, 0.05) is 0 Å². The number of benzene rings is 1. The molecular formula is C6H8O6P2. The molecule has 0 saturated carbocycles. The lowest BCUT2D eigenvalue weighted by atomic mass is 10.3. The highest BCUT2D eigenvalue weighted by atomic mass is 31.2. The van der Waals surface area contributed by atoms with Crippen LogP contribution in [0.4, 0.5) is 0 Å². The van der Waals surface area contributed by atoms with Crippen LogP contribution in [0.2, 0.25) is 0 Å². The predicted octanol–water partition coefficient (Wildman–Crippen LogP) is 0.867. The van der Waals surface area contributed by atoms with Crippen LogP contribution in [-0.2, 0) is 0 Å². The third-order valence-corrected chi connectivity index (χ3v) is 1.95. The molecule has 4 N–H and O–H groups in total. The molecule has 0 bridgehead atoms. The Hall–Kier alpha value is -0.480. The van der Waals surface area contributed by atoms with Crippen molar-refractivity contribution in [1.82, 2.24) is 0 Å². The van der Waals surface area contributed by atoms with Gasteiger partial charge >= 0.3 is 17.2 Å². The van der Waals surface area contributed by atoms with Gasteiger partial charge in [-0.1, -0.05) is 0 Å². The summed E-state index contributed by atoms with van der Waals surface area (Å²) in [6.07, 6.45) is 0. The first-order chi connectivity index (χ1) is 6.58. The Morgan fingerprint density at radius 2 is 1.00 bits per heavy atom. The lowest BCUT2D eigenvalue weighted by molar-refractivity contribution is 0.369. The van der Waals surface area contributed by atoms with E-state index in [4.69, 9.17) is 19.6 Å². The molecule has 14 heavy (non-hydrogen) atoms. The summed E-state index contributed by atoms with van der Waals surface area (Å²) in [6.45, 7) is 0. The van der Waals surface area contributed by atoms with E-state index in [1.165, 1.54) is 24.3 Å². The molecule has 0 aromatic heterocycles. The van der Waals surface area contributed by atoms with E-state index in [0.717, 1.165) is 0 Å². The Morgan fingerprint density at radius 1 is 0.714 bits per heavy atom. The van der Waals surface area contributed by atoms with Crippen molar-refractivity contribution in [2.45, 2.75) is 0 Å². The lowest BCUT2D eigenvalue weighted by Gasteiger charge is -2.07. The highest BCUT2D eigenvalue weighted by molar-refractivity contribution is 7.40. The maximum atomic E-state index is 8.51. The van der Waals surface area contributed by atoms with Gasteiger partial charge in [-0.15, -0.1) is 0 Å². The molecule has 0 spiro atoms. The summed E-state index contributed by atoms with van der Waals surface area (Å²) < 4.78 is 9.15. The Bertz CT molecular complexity index is 245. The van der Waals surface area contributed by atoms with Crippen LogP contribution >= 0.6 is 17.2 Å². The van der Waals surface area contributed by atoms with E-state index in [9.17, 15) is 0 Å². The maximum Gasteiger partial charge on any atom is 0.391 e. The minimum absolute atomic E-state index is 0.258. The van der Waals surface area contributed by atoms with Gasteiger partial charge in [0.15, 0.2) is 0 Å². The standard InChI is InChI=1S/C6H8O6P2/c7-13(8)11-5-1-2-6(4-3-5)12-14(9)10/h1-4,7-10H. The highest BCUT2D eigenvalue weighted by Gasteiger charge is 2.05. The van der Waals surface area contributed by atoms with E-state index < -0.39 is 17.2 Å². The van der Waals surface area contributed by atoms with E-state index in [1.807, 2.05) is 0 Å². The summed E-state index contributed by atoms with van der Waals surface area (Å²) in [6, 6.07) is 5.65. The Balaban J connectivity index is 2.59. The number of hydrogen-bond acceptors (Lipinski definition) is 6. The second-order valence-corrected chi connectivity index (χ2v) is 3.54. The van der Waals surface area contributed by atoms with Crippen LogP contribution in [0.5, 0.6) is 11.5 Å². The van der Waals surface area contributed by atoms with Gasteiger partial charge in [0.25, 0.3) is 0 Å². The SMILES string of the molecule is OP(O)Oc1ccc(OP(O)O)cc1. The molecule has 0 aliphatic rings. The fourth-order valence-corrected chi connectivity index (χ4v) is 1.37. The van der Waals surface area contributed by atoms with Gasteiger partial charge < -0.3 is 28.6 Å². The van der Waals surface area contributed by atoms with Crippen molar-refractivity contribution in [2.75, 3.05) is 0 Å². The number of rotatable bonds is 4. The normalized spacial score (nSPS) is 10.7. The van der Waals surface area contributed by atoms with Gasteiger partial charge in [0.1, 0.15) is 11.5 Å². The maximum absolute atomic E-state index is 8.51. The largest absolute Gasteiger partial charge is 0.427 e. The van der Waals surface area contributed by atoms with Crippen molar-refractivity contribution in [3.8, 4) is 11.5 Å². The summed E-state index contributed by atoms with van der Waals surface area (Å²) in [4.78, 5) is 34.0. The van der Waals surface area contributed by atoms with E-state index in [2.05, 4.69) is 9.05 Å². The smallest absolute Gasteiger partial charge is 0.391 e. The van der Waals surface area contributed by atoms with Crippen LogP contribution in [0.25, 0.3) is 0 Å². The average molecular weight is 238 g/mol. The fourth-order valence-electron chi connectivity index (χ4n) is 0.750. The molecule has 0 fully saturated rings. The molecule has 0 amide bonds. The number of hydrogen-bond donors (Lipinski definition) is 4. The minimum atomic E-state index is -2.44. The molecule has 0 radical (unpaired) electrons. The molecule has 6 nitrogen and oxygen atoms in total. The van der Waals surface area contributed by atoms with Gasteiger partial charge in [-0.25, -0.2) is 0 Å². The van der Waals surface area contributed by atoms with Crippen molar-refractivity contribution < 1.29 is 28.6 Å². The van der Waals surface area contributed by atoms with E-state index in [-0.39, 0.29) is 11.5 Å². The molecule has 0 unspecified atom stereocenters. The molecule has 1 rings (SSSR count). The summed E-state index contributed by atoms with van der Waals surface area (Å²) in [7, 11) is -4.88. The van der Waals surface area contributed by atoms with Gasteiger partial charge in [-0.2, -0.15) is 0 Å². The Kier molecular flexibility index (Phi) is 4.48. The zero-order valence-electron chi connectivity index (χ0n) is 6.81. The van der Waals surface area contributed by atoms with Crippen molar-refractivity contribution >= 4 is 17.2 Å². The van der Waals surface area contributed by atoms with Gasteiger partial charge in [0.05, 0.1) is 0 Å². The van der Waals surface area contributed by atoms with Crippen LogP contribution in [-0.4, -0.2) is 19.6 Å². The highest BCUT2D eigenvalue weighted by Crippen LogP contribution is 2.33. The molecule has 0 saturated heterocycles. The summed E-state index contributed by atoms with van der Waals surface area (Å²) in [5.41, 5.74) is 0. The van der Waals surface area contributed by atoms with Crippen molar-refractivity contribution in [3.63, 3.8) is 0 Å². The molecule has 1 aromatic carbocycles. The van der Waals surface area contributed by atoms with E-state index in [1.54, 1.807) is 0 Å². The molecule has 0 atom stereocenters. The Labute approximate surface area is 82.4 Å². The molecule has 8 heteroatoms. The summed E-state index contributed by atoms with van der Waals surface area (Å²) >= 11 is 0. The van der Waals surface area contributed by atoms with Gasteiger partial charge in [-0.3, -0.25) is 0 Å². The third-order valence-electron chi connectivity index (χ3n) is 1.20. The first-order valence-corrected chi connectivity index (χ1v) is 5.73. The van der Waals surface area contributed by atoms with Crippen molar-refractivity contribution in [1.29, 1.82) is 0 Å². The van der Waals surface area contributed by atoms with Crippen LogP contribution < -0.4 is 9.05 Å². The zero-order valence-corrected chi connectivity index (χ0v) is 8.60. The van der Waals surface area contributed by atoms with Crippen LogP contribution in [0.3, 0.4) is 0 Å². The monoisotopic (exact) mass is 238 g/mol. The first-order valence-electron chi connectivity index (χ1n) is 3.39. The van der Waals surface area contributed by atoms with Crippen LogP contribution in [0.1, 0.15) is 0 Å². The molecule has 1 aromatic rings. The molecule has 78 valence electrons. The minimum Gasteiger partial charge on any atom is -0.427 e. The molecular weight excluding hydrogens is 230 g/mol. The third kappa shape index (κ3) is 4.15. The first kappa shape index (κ1) is 11.6. The van der Waals surface area contributed by atoms with Crippen molar-refractivity contribution in [2.24, 2.45) is 0 Å². The summed E-state index contributed by atoms with van der Waals surface area (Å²) in [5, 5.41) is 0. The molecule has 0 aliphatic carbocycles. The second kappa shape index (κ2) is 5.41. The quantitative estimate of drug-likeness (QED) is 0.581. The van der Waals surface area contributed by atoms with Crippen LogP contribution in [0, 0.1) is 0 Å². The topological polar surface area (TPSA) is 99.4 Å². The van der Waals surface area contributed by atoms with E-state index in [0.29, 0.717) is 0 Å². The van der Waals surface area contributed by atoms with E-state index >= 15 is 0 Å². The Morgan fingerprint density at radius 3 is 1.21 bits per heavy atom. The fraction of sp³-hybridized carbons (Fsp3) is 0. The second-order valence-electron chi connectivity index (χ2n) is 2.16. The molecule has 0 aliphatic heterocycles. The lowest BCUT2D eigenvalue weighted by Crippen LogP contribution is -1.87. The molecule has 0 heterocycles. The summed E-state index contributed by atoms with van der Waals surface area (Å²) in [5.74, 6) is 0.516. The van der Waals surface area contributed by atoms with Crippen molar-refractivity contribution in [3.05, 3.63) is 24.3 Å². The average Bonchev–Trinajstić information content (AvgIpc) is 2.06. The van der Waals surface area contributed by atoms with Gasteiger partial charge in [-0.05, 0) is 24.3 Å².